The second-order valence-corrected chi connectivity index (χ2v) is 7.10. The first-order chi connectivity index (χ1) is 11.6. The van der Waals surface area contributed by atoms with Crippen molar-refractivity contribution in [2.24, 2.45) is 5.92 Å². The molecule has 3 rings (SSSR count). The molecule has 3 N–H and O–H groups in total. The summed E-state index contributed by atoms with van der Waals surface area (Å²) in [5.41, 5.74) is 0.0324. The summed E-state index contributed by atoms with van der Waals surface area (Å²) < 4.78 is 0. The van der Waals surface area contributed by atoms with Crippen LogP contribution in [0.1, 0.15) is 57.8 Å². The van der Waals surface area contributed by atoms with Crippen LogP contribution in [-0.4, -0.2) is 22.5 Å². The van der Waals surface area contributed by atoms with Gasteiger partial charge in [-0.05, 0) is 56.7 Å². The maximum atomic E-state index is 12.3. The molecule has 130 valence electrons. The molecule has 0 aromatic heterocycles. The van der Waals surface area contributed by atoms with Gasteiger partial charge in [0.25, 0.3) is 5.91 Å². The maximum Gasteiger partial charge on any atom is 0.256 e. The summed E-state index contributed by atoms with van der Waals surface area (Å²) in [5, 5.41) is 16.1. The molecule has 0 heterocycles. The van der Waals surface area contributed by atoms with Crippen LogP contribution in [-0.2, 0) is 9.59 Å². The first-order valence-corrected chi connectivity index (χ1v) is 9.02. The van der Waals surface area contributed by atoms with Crippen molar-refractivity contribution in [3.8, 4) is 0 Å². The van der Waals surface area contributed by atoms with Crippen LogP contribution in [0.25, 0.3) is 0 Å². The van der Waals surface area contributed by atoms with Gasteiger partial charge < -0.3 is 15.7 Å². The smallest absolute Gasteiger partial charge is 0.256 e. The molecule has 0 atom stereocenters. The number of hydrogen-bond acceptors (Lipinski definition) is 3. The van der Waals surface area contributed by atoms with Gasteiger partial charge in [0, 0.05) is 17.3 Å². The molecule has 5 heteroatoms. The summed E-state index contributed by atoms with van der Waals surface area (Å²) in [6.45, 7) is 0. The van der Waals surface area contributed by atoms with E-state index in [1.165, 1.54) is 6.42 Å². The van der Waals surface area contributed by atoms with E-state index in [-0.39, 0.29) is 17.7 Å². The maximum absolute atomic E-state index is 12.3. The molecule has 0 bridgehead atoms. The van der Waals surface area contributed by atoms with Crippen LogP contribution in [0.15, 0.2) is 24.3 Å². The number of carbonyl (C=O) groups is 2. The molecule has 0 radical (unpaired) electrons. The summed E-state index contributed by atoms with van der Waals surface area (Å²) in [4.78, 5) is 24.6. The highest BCUT2D eigenvalue weighted by Gasteiger charge is 2.38. The number of carbonyl (C=O) groups excluding carboxylic acids is 2. The summed E-state index contributed by atoms with van der Waals surface area (Å²) in [6, 6.07) is 7.13. The molecular formula is C19H26N2O3. The van der Waals surface area contributed by atoms with E-state index in [1.54, 1.807) is 18.2 Å². The number of nitrogens with one attached hydrogen (secondary N) is 2. The minimum atomic E-state index is -1.25. The zero-order valence-corrected chi connectivity index (χ0v) is 14.0. The van der Waals surface area contributed by atoms with Crippen LogP contribution in [0.4, 0.5) is 11.4 Å². The van der Waals surface area contributed by atoms with Gasteiger partial charge in [-0.25, -0.2) is 0 Å². The van der Waals surface area contributed by atoms with E-state index in [0.29, 0.717) is 24.2 Å². The fourth-order valence-electron chi connectivity index (χ4n) is 3.72. The lowest BCUT2D eigenvalue weighted by Crippen LogP contribution is -2.40. The first kappa shape index (κ1) is 17.0. The van der Waals surface area contributed by atoms with Gasteiger partial charge in [0.15, 0.2) is 0 Å². The second-order valence-electron chi connectivity index (χ2n) is 7.10. The Morgan fingerprint density at radius 2 is 1.58 bits per heavy atom. The summed E-state index contributed by atoms with van der Waals surface area (Å²) in [6.07, 6.45) is 8.13. The highest BCUT2D eigenvalue weighted by Crippen LogP contribution is 2.31. The van der Waals surface area contributed by atoms with Crippen molar-refractivity contribution < 1.29 is 14.7 Å². The first-order valence-electron chi connectivity index (χ1n) is 9.02. The average Bonchev–Trinajstić information content (AvgIpc) is 3.04. The van der Waals surface area contributed by atoms with E-state index in [9.17, 15) is 14.7 Å². The fourth-order valence-corrected chi connectivity index (χ4v) is 3.72. The third kappa shape index (κ3) is 3.96. The Kier molecular flexibility index (Phi) is 5.19. The van der Waals surface area contributed by atoms with Crippen molar-refractivity contribution in [1.29, 1.82) is 0 Å². The third-order valence-corrected chi connectivity index (χ3v) is 5.22. The van der Waals surface area contributed by atoms with Gasteiger partial charge in [0.05, 0.1) is 0 Å². The molecule has 24 heavy (non-hydrogen) atoms. The molecule has 1 aromatic rings. The van der Waals surface area contributed by atoms with Crippen LogP contribution in [0, 0.1) is 5.92 Å². The minimum Gasteiger partial charge on any atom is -0.380 e. The monoisotopic (exact) mass is 330 g/mol. The minimum absolute atomic E-state index is 0.0626. The Hall–Kier alpha value is -1.88. The van der Waals surface area contributed by atoms with Crippen molar-refractivity contribution in [1.82, 2.24) is 0 Å². The molecule has 2 amide bonds. The van der Waals surface area contributed by atoms with Gasteiger partial charge in [0.1, 0.15) is 5.60 Å². The number of aliphatic hydroxyl groups is 1. The zero-order valence-electron chi connectivity index (χ0n) is 14.0. The number of benzene rings is 1. The molecule has 2 saturated carbocycles. The normalized spacial score (nSPS) is 20.5. The number of rotatable bonds is 4. The van der Waals surface area contributed by atoms with Crippen molar-refractivity contribution in [2.75, 3.05) is 10.6 Å². The zero-order chi connectivity index (χ0) is 17.0. The summed E-state index contributed by atoms with van der Waals surface area (Å²) >= 11 is 0. The Morgan fingerprint density at radius 1 is 0.958 bits per heavy atom. The van der Waals surface area contributed by atoms with Crippen molar-refractivity contribution in [3.63, 3.8) is 0 Å². The van der Waals surface area contributed by atoms with Crippen molar-refractivity contribution in [3.05, 3.63) is 24.3 Å². The summed E-state index contributed by atoms with van der Waals surface area (Å²) in [5.74, 6) is -0.195. The number of amides is 2. The molecule has 0 saturated heterocycles. The van der Waals surface area contributed by atoms with Gasteiger partial charge in [-0.15, -0.1) is 0 Å². The Balaban J connectivity index is 1.61. The predicted molar refractivity (Wildman–Crippen MR) is 93.7 cm³/mol. The molecule has 2 aliphatic carbocycles. The Bertz CT molecular complexity index is 602. The molecule has 2 aliphatic rings. The lowest BCUT2D eigenvalue weighted by atomic mass is 9.88. The van der Waals surface area contributed by atoms with Crippen LogP contribution in [0.3, 0.4) is 0 Å². The molecule has 5 nitrogen and oxygen atoms in total. The molecule has 0 spiro atoms. The number of anilines is 2. The SMILES string of the molecule is O=C(Nc1cccc(NC(=O)C2(O)CCCC2)c1)C1CCCCC1. The van der Waals surface area contributed by atoms with Crippen LogP contribution >= 0.6 is 0 Å². The van der Waals surface area contributed by atoms with Crippen molar-refractivity contribution in [2.45, 2.75) is 63.4 Å². The van der Waals surface area contributed by atoms with Gasteiger partial charge in [-0.2, -0.15) is 0 Å². The Labute approximate surface area is 142 Å². The van der Waals surface area contributed by atoms with Crippen LogP contribution < -0.4 is 10.6 Å². The lowest BCUT2D eigenvalue weighted by Gasteiger charge is -2.22. The quantitative estimate of drug-likeness (QED) is 0.791. The van der Waals surface area contributed by atoms with Gasteiger partial charge in [-0.1, -0.05) is 25.3 Å². The third-order valence-electron chi connectivity index (χ3n) is 5.22. The predicted octanol–water partition coefficient (Wildman–Crippen LogP) is 3.45. The average molecular weight is 330 g/mol. The van der Waals surface area contributed by atoms with E-state index in [1.807, 2.05) is 6.07 Å². The Morgan fingerprint density at radius 3 is 2.25 bits per heavy atom. The molecular weight excluding hydrogens is 304 g/mol. The van der Waals surface area contributed by atoms with E-state index in [2.05, 4.69) is 10.6 Å². The largest absolute Gasteiger partial charge is 0.380 e. The van der Waals surface area contributed by atoms with Gasteiger partial charge in [0.2, 0.25) is 5.91 Å². The van der Waals surface area contributed by atoms with E-state index in [4.69, 9.17) is 0 Å². The molecule has 2 fully saturated rings. The molecule has 0 aliphatic heterocycles. The lowest BCUT2D eigenvalue weighted by molar-refractivity contribution is -0.133. The van der Waals surface area contributed by atoms with E-state index >= 15 is 0 Å². The van der Waals surface area contributed by atoms with Crippen LogP contribution in [0.2, 0.25) is 0 Å². The molecule has 0 unspecified atom stereocenters. The summed E-state index contributed by atoms with van der Waals surface area (Å²) in [7, 11) is 0. The highest BCUT2D eigenvalue weighted by atomic mass is 16.3. The standard InChI is InChI=1S/C19H26N2O3/c22-17(14-7-2-1-3-8-14)20-15-9-6-10-16(13-15)21-18(23)19(24)11-4-5-12-19/h6,9-10,13-14,24H,1-5,7-8,11-12H2,(H,20,22)(H,21,23). The highest BCUT2D eigenvalue weighted by molar-refractivity contribution is 5.98. The second kappa shape index (κ2) is 7.34. The fraction of sp³-hybridized carbons (Fsp3) is 0.579. The number of hydrogen-bond donors (Lipinski definition) is 3. The van der Waals surface area contributed by atoms with E-state index < -0.39 is 5.60 Å². The van der Waals surface area contributed by atoms with Gasteiger partial charge >= 0.3 is 0 Å². The van der Waals surface area contributed by atoms with Crippen LogP contribution in [0.5, 0.6) is 0 Å². The topological polar surface area (TPSA) is 78.4 Å². The molecule has 1 aromatic carbocycles. The van der Waals surface area contributed by atoms with Gasteiger partial charge in [-0.3, -0.25) is 9.59 Å². The van der Waals surface area contributed by atoms with E-state index in [0.717, 1.165) is 38.5 Å². The van der Waals surface area contributed by atoms with Crippen molar-refractivity contribution >= 4 is 23.2 Å².